The molecule has 93 valence electrons. The van der Waals surface area contributed by atoms with Crippen molar-refractivity contribution in [2.75, 3.05) is 5.75 Å². The van der Waals surface area contributed by atoms with Crippen LogP contribution in [0.5, 0.6) is 0 Å². The van der Waals surface area contributed by atoms with Gasteiger partial charge in [-0.25, -0.2) is 0 Å². The fourth-order valence-electron chi connectivity index (χ4n) is 1.42. The van der Waals surface area contributed by atoms with Gasteiger partial charge in [-0.3, -0.25) is 0 Å². The van der Waals surface area contributed by atoms with E-state index in [0.29, 0.717) is 16.5 Å². The number of carbonyl (C=O) groups is 1. The molecule has 0 bridgehead atoms. The molecule has 1 nitrogen and oxygen atoms in total. The van der Waals surface area contributed by atoms with E-state index in [4.69, 9.17) is 23.2 Å². The predicted molar refractivity (Wildman–Crippen MR) is 77.1 cm³/mol. The van der Waals surface area contributed by atoms with E-state index in [2.05, 4.69) is 6.92 Å². The van der Waals surface area contributed by atoms with E-state index in [1.807, 2.05) is 12.1 Å². The molecule has 1 radical (unpaired) electrons. The van der Waals surface area contributed by atoms with Gasteiger partial charge in [0.05, 0.1) is 10.0 Å². The normalized spacial score (nSPS) is 12.4. The average Bonchev–Trinajstić information content (AvgIpc) is 2.31. The zero-order valence-corrected chi connectivity index (χ0v) is 11.8. The maximum absolute atomic E-state index is 10.2. The molecule has 1 rings (SSSR count). The zero-order valence-electron chi connectivity index (χ0n) is 9.49. The van der Waals surface area contributed by atoms with Crippen LogP contribution in [0, 0.1) is 6.92 Å². The number of benzene rings is 1. The molecule has 4 heteroatoms. The highest BCUT2D eigenvalue weighted by Crippen LogP contribution is 2.27. The summed E-state index contributed by atoms with van der Waals surface area (Å²) in [5.74, 6) is 0.834. The summed E-state index contributed by atoms with van der Waals surface area (Å²) in [6.45, 7) is 4.05. The Bertz CT molecular complexity index is 368. The molecule has 0 aliphatic carbocycles. The molecule has 1 unspecified atom stereocenters. The highest BCUT2D eigenvalue weighted by atomic mass is 35.5. The van der Waals surface area contributed by atoms with Crippen molar-refractivity contribution in [1.29, 1.82) is 0 Å². The first-order chi connectivity index (χ1) is 8.15. The summed E-state index contributed by atoms with van der Waals surface area (Å²) in [4.78, 5) is 10.2. The van der Waals surface area contributed by atoms with Crippen molar-refractivity contribution < 1.29 is 4.79 Å². The van der Waals surface area contributed by atoms with Crippen molar-refractivity contribution in [2.24, 2.45) is 0 Å². The zero-order chi connectivity index (χ0) is 12.7. The van der Waals surface area contributed by atoms with Crippen molar-refractivity contribution in [3.05, 3.63) is 40.7 Å². The molecule has 1 aromatic rings. The van der Waals surface area contributed by atoms with Gasteiger partial charge < -0.3 is 4.79 Å². The maximum atomic E-state index is 10.2. The van der Waals surface area contributed by atoms with Crippen molar-refractivity contribution in [3.8, 4) is 0 Å². The lowest BCUT2D eigenvalue weighted by Crippen LogP contribution is -2.01. The van der Waals surface area contributed by atoms with Crippen LogP contribution in [0.3, 0.4) is 0 Å². The van der Waals surface area contributed by atoms with E-state index in [-0.39, 0.29) is 5.25 Å². The Morgan fingerprint density at radius 1 is 1.41 bits per heavy atom. The van der Waals surface area contributed by atoms with Gasteiger partial charge >= 0.3 is 0 Å². The molecule has 0 saturated carbocycles. The Labute approximate surface area is 117 Å². The molecule has 0 spiro atoms. The highest BCUT2D eigenvalue weighted by Gasteiger charge is 2.07. The highest BCUT2D eigenvalue weighted by molar-refractivity contribution is 8.00. The van der Waals surface area contributed by atoms with E-state index in [1.165, 1.54) is 0 Å². The Hall–Kier alpha value is -0.180. The van der Waals surface area contributed by atoms with E-state index in [0.717, 1.165) is 30.4 Å². The fraction of sp³-hybridized carbons (Fsp3) is 0.385. The second kappa shape index (κ2) is 8.02. The second-order valence-corrected chi connectivity index (χ2v) is 5.89. The van der Waals surface area contributed by atoms with Gasteiger partial charge in [-0.1, -0.05) is 35.3 Å². The molecule has 1 aromatic carbocycles. The minimum absolute atomic E-state index is 0.282. The number of aryl methyl sites for hydroxylation is 1. The number of aldehydes is 1. The topological polar surface area (TPSA) is 17.1 Å². The van der Waals surface area contributed by atoms with Crippen LogP contribution in [0.4, 0.5) is 0 Å². The molecule has 1 atom stereocenters. The van der Waals surface area contributed by atoms with Crippen LogP contribution in [0.1, 0.15) is 18.4 Å². The number of hydrogen-bond donors (Lipinski definition) is 0. The van der Waals surface area contributed by atoms with Crippen LogP contribution in [-0.2, 0) is 11.2 Å². The molecule has 0 aliphatic heterocycles. The number of thioether (sulfide) groups is 1. The lowest BCUT2D eigenvalue weighted by Gasteiger charge is -2.11. The molecule has 17 heavy (non-hydrogen) atoms. The van der Waals surface area contributed by atoms with Crippen LogP contribution in [0.2, 0.25) is 10.0 Å². The van der Waals surface area contributed by atoms with Gasteiger partial charge in [-0.05, 0) is 31.4 Å². The number of rotatable bonds is 7. The third-order valence-corrected chi connectivity index (χ3v) is 4.39. The van der Waals surface area contributed by atoms with Gasteiger partial charge in [0, 0.05) is 17.4 Å². The predicted octanol–water partition coefficient (Wildman–Crippen LogP) is 4.45. The monoisotopic (exact) mass is 289 g/mol. The van der Waals surface area contributed by atoms with E-state index in [9.17, 15) is 4.79 Å². The summed E-state index contributed by atoms with van der Waals surface area (Å²) in [6, 6.07) is 5.67. The number of carbonyl (C=O) groups excluding carboxylic acids is 1. The van der Waals surface area contributed by atoms with E-state index >= 15 is 0 Å². The van der Waals surface area contributed by atoms with Crippen LogP contribution >= 0.6 is 35.0 Å². The summed E-state index contributed by atoms with van der Waals surface area (Å²) >= 11 is 13.7. The minimum atomic E-state index is 0.282. The molecule has 0 aliphatic rings. The minimum Gasteiger partial charge on any atom is -0.303 e. The largest absolute Gasteiger partial charge is 0.303 e. The average molecular weight is 290 g/mol. The first-order valence-electron chi connectivity index (χ1n) is 5.46. The molecule has 0 heterocycles. The lowest BCUT2D eigenvalue weighted by atomic mass is 10.1. The molecule has 0 saturated heterocycles. The van der Waals surface area contributed by atoms with Crippen molar-refractivity contribution in [3.63, 3.8) is 0 Å². The maximum Gasteiger partial charge on any atom is 0.120 e. The van der Waals surface area contributed by atoms with Crippen LogP contribution in [-0.4, -0.2) is 17.3 Å². The first kappa shape index (κ1) is 14.9. The fourth-order valence-corrected chi connectivity index (χ4v) is 2.69. The van der Waals surface area contributed by atoms with Crippen molar-refractivity contribution in [1.82, 2.24) is 0 Å². The molecular weight excluding hydrogens is 275 g/mol. The van der Waals surface area contributed by atoms with Crippen LogP contribution in [0.25, 0.3) is 0 Å². The second-order valence-electron chi connectivity index (χ2n) is 3.70. The van der Waals surface area contributed by atoms with Gasteiger partial charge in [0.25, 0.3) is 0 Å². The third-order valence-electron chi connectivity index (χ3n) is 2.36. The first-order valence-corrected chi connectivity index (χ1v) is 7.27. The molecular formula is C13H15Cl2OS. The van der Waals surface area contributed by atoms with Crippen LogP contribution < -0.4 is 0 Å². The standard InChI is InChI=1S/C13H15Cl2OS/c1-10(17-9-3-8-16)6-7-11-4-2-5-12(14)13(11)15/h2,4-5,8,10H,1,3,6-7,9H2. The van der Waals surface area contributed by atoms with E-state index in [1.54, 1.807) is 17.8 Å². The Morgan fingerprint density at radius 2 is 2.18 bits per heavy atom. The summed E-state index contributed by atoms with van der Waals surface area (Å²) in [6.07, 6.45) is 3.33. The summed E-state index contributed by atoms with van der Waals surface area (Å²) in [5, 5.41) is 1.52. The van der Waals surface area contributed by atoms with Crippen LogP contribution in [0.15, 0.2) is 18.2 Å². The summed E-state index contributed by atoms with van der Waals surface area (Å²) < 4.78 is 0. The summed E-state index contributed by atoms with van der Waals surface area (Å²) in [5.41, 5.74) is 1.06. The smallest absolute Gasteiger partial charge is 0.120 e. The van der Waals surface area contributed by atoms with Gasteiger partial charge in [0.1, 0.15) is 6.29 Å². The van der Waals surface area contributed by atoms with Gasteiger partial charge in [0.15, 0.2) is 0 Å². The van der Waals surface area contributed by atoms with Crippen molar-refractivity contribution in [2.45, 2.75) is 24.5 Å². The van der Waals surface area contributed by atoms with Crippen molar-refractivity contribution >= 4 is 41.2 Å². The molecule has 0 amide bonds. The van der Waals surface area contributed by atoms with Gasteiger partial charge in [-0.2, -0.15) is 11.8 Å². The lowest BCUT2D eigenvalue weighted by molar-refractivity contribution is -0.107. The molecule has 0 N–H and O–H groups in total. The van der Waals surface area contributed by atoms with E-state index < -0.39 is 0 Å². The van der Waals surface area contributed by atoms with Gasteiger partial charge in [-0.15, -0.1) is 0 Å². The Balaban J connectivity index is 2.39. The Kier molecular flexibility index (Phi) is 7.02. The molecule has 0 aromatic heterocycles. The Morgan fingerprint density at radius 3 is 2.88 bits per heavy atom. The molecule has 0 fully saturated rings. The summed E-state index contributed by atoms with van der Waals surface area (Å²) in [7, 11) is 0. The number of hydrogen-bond acceptors (Lipinski definition) is 2. The third kappa shape index (κ3) is 5.33. The van der Waals surface area contributed by atoms with Gasteiger partial charge in [0.2, 0.25) is 0 Å². The SMILES string of the molecule is [CH2]C(CCc1cccc(Cl)c1Cl)SCCC=O. The number of halogens is 2. The quantitative estimate of drug-likeness (QED) is 0.545.